The molecule has 0 unspecified atom stereocenters. The number of nitrogens with one attached hydrogen (secondary N) is 3. The molecule has 0 aliphatic carbocycles. The molecule has 1 aromatic heterocycles. The summed E-state index contributed by atoms with van der Waals surface area (Å²) in [7, 11) is 0. The molecule has 1 heterocycles. The summed E-state index contributed by atoms with van der Waals surface area (Å²) < 4.78 is 28.5. The maximum atomic E-state index is 14.1. The van der Waals surface area contributed by atoms with Gasteiger partial charge in [-0.15, -0.1) is 0 Å². The van der Waals surface area contributed by atoms with E-state index in [4.69, 9.17) is 11.1 Å². The maximum absolute atomic E-state index is 14.1. The van der Waals surface area contributed by atoms with Crippen LogP contribution in [0.4, 0.5) is 20.2 Å². The molecule has 0 radical (unpaired) electrons. The molecule has 5 N–H and O–H groups in total. The van der Waals surface area contributed by atoms with Gasteiger partial charge in [0.15, 0.2) is 0 Å². The topological polar surface area (TPSA) is 112 Å². The second-order valence-electron chi connectivity index (χ2n) is 6.15. The number of carbonyl (C=O) groups is 1. The van der Waals surface area contributed by atoms with E-state index >= 15 is 0 Å². The Morgan fingerprint density at radius 2 is 1.72 bits per heavy atom. The fraction of sp³-hybridized carbons (Fsp3) is 0.0500. The van der Waals surface area contributed by atoms with Crippen LogP contribution < -0.4 is 16.6 Å². The van der Waals surface area contributed by atoms with Crippen LogP contribution in [0.15, 0.2) is 57.9 Å². The van der Waals surface area contributed by atoms with Crippen molar-refractivity contribution in [1.29, 1.82) is 5.41 Å². The molecule has 0 bridgehead atoms. The summed E-state index contributed by atoms with van der Waals surface area (Å²) in [6, 6.07) is 9.74. The number of benzene rings is 2. The molecule has 6 nitrogen and oxygen atoms in total. The van der Waals surface area contributed by atoms with Crippen LogP contribution in [-0.2, 0) is 11.2 Å². The van der Waals surface area contributed by atoms with Gasteiger partial charge in [-0.1, -0.05) is 30.3 Å². The Bertz CT molecular complexity index is 1140. The zero-order chi connectivity index (χ0) is 21.1. The second-order valence-corrected chi connectivity index (χ2v) is 7.01. The zero-order valence-electron chi connectivity index (χ0n) is 14.9. The average molecular weight is 461 g/mol. The van der Waals surface area contributed by atoms with E-state index in [0.29, 0.717) is 15.6 Å². The lowest BCUT2D eigenvalue weighted by molar-refractivity contribution is -0.117. The van der Waals surface area contributed by atoms with Crippen LogP contribution in [0, 0.1) is 17.0 Å². The lowest BCUT2D eigenvalue weighted by atomic mass is 10.00. The predicted octanol–water partition coefficient (Wildman–Crippen LogP) is 3.60. The molecule has 148 valence electrons. The Kier molecular flexibility index (Phi) is 5.88. The van der Waals surface area contributed by atoms with Crippen molar-refractivity contribution in [2.75, 3.05) is 5.32 Å². The van der Waals surface area contributed by atoms with E-state index in [2.05, 4.69) is 26.2 Å². The normalized spacial score (nSPS) is 10.6. The van der Waals surface area contributed by atoms with E-state index in [1.54, 1.807) is 24.3 Å². The van der Waals surface area contributed by atoms with Crippen LogP contribution >= 0.6 is 15.9 Å². The number of pyridine rings is 1. The van der Waals surface area contributed by atoms with E-state index in [0.717, 1.165) is 12.1 Å². The van der Waals surface area contributed by atoms with Gasteiger partial charge in [-0.3, -0.25) is 15.0 Å². The van der Waals surface area contributed by atoms with Crippen LogP contribution in [0.25, 0.3) is 0 Å². The third-order valence-electron chi connectivity index (χ3n) is 4.13. The number of nitrogens with two attached hydrogens (primary N) is 1. The molecular formula is C20H15BrF2N4O2. The van der Waals surface area contributed by atoms with E-state index in [1.807, 2.05) is 0 Å². The minimum Gasteiger partial charge on any atom is -0.369 e. The highest BCUT2D eigenvalue weighted by Crippen LogP contribution is 2.31. The maximum Gasteiger partial charge on any atom is 0.259 e. The summed E-state index contributed by atoms with van der Waals surface area (Å²) in [6.45, 7) is 0. The molecule has 3 aromatic rings. The van der Waals surface area contributed by atoms with Gasteiger partial charge in [0, 0.05) is 11.8 Å². The summed E-state index contributed by atoms with van der Waals surface area (Å²) in [5.41, 5.74) is 4.91. The van der Waals surface area contributed by atoms with Crippen molar-refractivity contribution in [3.8, 4) is 0 Å². The van der Waals surface area contributed by atoms with E-state index in [1.165, 1.54) is 12.3 Å². The fourth-order valence-corrected chi connectivity index (χ4v) is 3.16. The number of aromatic amines is 1. The first-order valence-electron chi connectivity index (χ1n) is 8.36. The quantitative estimate of drug-likeness (QED) is 0.421. The van der Waals surface area contributed by atoms with Crippen molar-refractivity contribution >= 4 is 38.9 Å². The fourth-order valence-electron chi connectivity index (χ4n) is 2.74. The predicted molar refractivity (Wildman–Crippen MR) is 110 cm³/mol. The number of amides is 1. The smallest absolute Gasteiger partial charge is 0.259 e. The van der Waals surface area contributed by atoms with Gasteiger partial charge in [0.2, 0.25) is 5.91 Å². The molecule has 0 aliphatic heterocycles. The highest BCUT2D eigenvalue weighted by atomic mass is 79.9. The molecular weight excluding hydrogens is 446 g/mol. The third kappa shape index (κ3) is 4.40. The minimum absolute atomic E-state index is 0.0453. The van der Waals surface area contributed by atoms with Crippen molar-refractivity contribution in [3.05, 3.63) is 91.8 Å². The van der Waals surface area contributed by atoms with Gasteiger partial charge in [0.05, 0.1) is 27.9 Å². The molecule has 0 fully saturated rings. The van der Waals surface area contributed by atoms with E-state index < -0.39 is 28.8 Å². The first-order valence-corrected chi connectivity index (χ1v) is 9.16. The number of carbonyl (C=O) groups excluding carboxylic acids is 1. The van der Waals surface area contributed by atoms with Crippen LogP contribution in [0.2, 0.25) is 0 Å². The number of hydrogen-bond donors (Lipinski definition) is 4. The number of aromatic nitrogens is 1. The molecule has 3 rings (SSSR count). The van der Waals surface area contributed by atoms with Gasteiger partial charge in [0.25, 0.3) is 5.56 Å². The Morgan fingerprint density at radius 3 is 2.31 bits per heavy atom. The number of rotatable bonds is 6. The van der Waals surface area contributed by atoms with Crippen LogP contribution in [-0.4, -0.2) is 16.6 Å². The molecule has 29 heavy (non-hydrogen) atoms. The molecule has 0 saturated carbocycles. The van der Waals surface area contributed by atoms with Crippen molar-refractivity contribution in [2.45, 2.75) is 6.42 Å². The summed E-state index contributed by atoms with van der Waals surface area (Å²) in [6.07, 6.45) is 1.36. The molecule has 0 spiro atoms. The first kappa shape index (κ1) is 20.4. The summed E-state index contributed by atoms with van der Waals surface area (Å²) >= 11 is 3.24. The lowest BCUT2D eigenvalue weighted by Crippen LogP contribution is -2.21. The van der Waals surface area contributed by atoms with Crippen molar-refractivity contribution in [3.63, 3.8) is 0 Å². The average Bonchev–Trinajstić information content (AvgIpc) is 2.67. The number of hydrogen-bond acceptors (Lipinski definition) is 4. The van der Waals surface area contributed by atoms with Crippen LogP contribution in [0.1, 0.15) is 16.7 Å². The molecule has 9 heteroatoms. The molecule has 0 saturated heterocycles. The number of primary amides is 1. The SMILES string of the molecule is N=C(c1ccc(CC(N)=O)cc1)c1c(Nc2c(F)cccc2F)c(Br)c[nH]c1=O. The number of H-pyrrole nitrogens is 1. The Hall–Kier alpha value is -3.33. The van der Waals surface area contributed by atoms with E-state index in [9.17, 15) is 18.4 Å². The standard InChI is InChI=1S/C20H15BrF2N4O2/c21-12-9-26-20(29)16(18(12)27-19-13(22)2-1-3-14(19)23)17(25)11-6-4-10(5-7-11)8-15(24)28/h1-7,9,25H,8H2,(H2,24,28)(H2,26,27,29). The molecule has 2 aromatic carbocycles. The highest BCUT2D eigenvalue weighted by molar-refractivity contribution is 9.10. The van der Waals surface area contributed by atoms with Crippen LogP contribution in [0.5, 0.6) is 0 Å². The van der Waals surface area contributed by atoms with Crippen molar-refractivity contribution < 1.29 is 13.6 Å². The second kappa shape index (κ2) is 8.36. The van der Waals surface area contributed by atoms with Gasteiger partial charge in [0.1, 0.15) is 17.3 Å². The molecule has 0 aliphatic rings. The Balaban J connectivity index is 2.05. The van der Waals surface area contributed by atoms with Crippen LogP contribution in [0.3, 0.4) is 0 Å². The minimum atomic E-state index is -0.842. The Morgan fingerprint density at radius 1 is 1.10 bits per heavy atom. The largest absolute Gasteiger partial charge is 0.369 e. The number of halogens is 3. The number of para-hydroxylation sites is 1. The number of anilines is 2. The highest BCUT2D eigenvalue weighted by Gasteiger charge is 2.20. The zero-order valence-corrected chi connectivity index (χ0v) is 16.4. The third-order valence-corrected chi connectivity index (χ3v) is 4.76. The van der Waals surface area contributed by atoms with Crippen molar-refractivity contribution in [2.24, 2.45) is 5.73 Å². The van der Waals surface area contributed by atoms with E-state index in [-0.39, 0.29) is 23.4 Å². The summed E-state index contributed by atoms with van der Waals surface area (Å²) in [5.74, 6) is -2.18. The van der Waals surface area contributed by atoms with Gasteiger partial charge >= 0.3 is 0 Å². The van der Waals surface area contributed by atoms with Gasteiger partial charge < -0.3 is 16.0 Å². The summed E-state index contributed by atoms with van der Waals surface area (Å²) in [5, 5.41) is 11.1. The molecule has 0 atom stereocenters. The van der Waals surface area contributed by atoms with Crippen molar-refractivity contribution in [1.82, 2.24) is 4.98 Å². The summed E-state index contributed by atoms with van der Waals surface area (Å²) in [4.78, 5) is 26.0. The van der Waals surface area contributed by atoms with Gasteiger partial charge in [-0.05, 0) is 33.6 Å². The van der Waals surface area contributed by atoms with Gasteiger partial charge in [-0.2, -0.15) is 0 Å². The molecule has 1 amide bonds. The monoisotopic (exact) mass is 460 g/mol. The first-order chi connectivity index (χ1) is 13.8. The Labute approximate surface area is 172 Å². The lowest BCUT2D eigenvalue weighted by Gasteiger charge is -2.15. The van der Waals surface area contributed by atoms with Gasteiger partial charge in [-0.25, -0.2) is 8.78 Å².